The van der Waals surface area contributed by atoms with Crippen molar-refractivity contribution < 1.29 is 19.5 Å². The van der Waals surface area contributed by atoms with Gasteiger partial charge < -0.3 is 10.8 Å². The van der Waals surface area contributed by atoms with Crippen molar-refractivity contribution in [1.82, 2.24) is 10.2 Å². The van der Waals surface area contributed by atoms with E-state index in [4.69, 9.17) is 10.8 Å². The Bertz CT molecular complexity index is 288. The Morgan fingerprint density at radius 2 is 1.93 bits per heavy atom. The summed E-state index contributed by atoms with van der Waals surface area (Å²) in [6.07, 6.45) is 1.77. The molecule has 0 saturated heterocycles. The molecule has 0 bridgehead atoms. The van der Waals surface area contributed by atoms with Gasteiger partial charge in [-0.1, -0.05) is 0 Å². The fraction of sp³-hybridized carbons (Fsp3) is 0.625. The first kappa shape index (κ1) is 11.4. The number of hydrogen-bond acceptors (Lipinski definition) is 4. The van der Waals surface area contributed by atoms with Crippen LogP contribution in [0.2, 0.25) is 0 Å². The number of carboxylic acid groups (broad SMARTS) is 1. The zero-order valence-electron chi connectivity index (χ0n) is 8.10. The summed E-state index contributed by atoms with van der Waals surface area (Å²) in [6.45, 7) is -0.309. The van der Waals surface area contributed by atoms with Gasteiger partial charge in [-0.25, -0.2) is 4.79 Å². The maximum atomic E-state index is 11.1. The second kappa shape index (κ2) is 4.74. The molecule has 0 atom stereocenters. The number of aliphatic carboxylic acids is 1. The molecule has 1 fully saturated rings. The molecule has 1 saturated carbocycles. The minimum Gasteiger partial charge on any atom is -0.480 e. The van der Waals surface area contributed by atoms with Crippen molar-refractivity contribution in [3.05, 3.63) is 0 Å². The topological polar surface area (TPSA) is 113 Å². The minimum atomic E-state index is -0.992. The van der Waals surface area contributed by atoms with E-state index in [2.05, 4.69) is 0 Å². The first-order valence-electron chi connectivity index (χ1n) is 4.54. The average molecular weight is 215 g/mol. The lowest BCUT2D eigenvalue weighted by molar-refractivity contribution is -0.138. The lowest BCUT2D eigenvalue weighted by Gasteiger charge is -2.18. The molecule has 3 amide bonds. The maximum Gasteiger partial charge on any atom is 0.318 e. The van der Waals surface area contributed by atoms with Crippen LogP contribution in [0.5, 0.6) is 0 Å². The van der Waals surface area contributed by atoms with E-state index in [-0.39, 0.29) is 19.1 Å². The highest BCUT2D eigenvalue weighted by Gasteiger charge is 2.31. The van der Waals surface area contributed by atoms with Crippen LogP contribution in [0.3, 0.4) is 0 Å². The van der Waals surface area contributed by atoms with Gasteiger partial charge in [0.05, 0.1) is 13.1 Å². The summed E-state index contributed by atoms with van der Waals surface area (Å²) in [5.74, 6) is -1.57. The second-order valence-corrected chi connectivity index (χ2v) is 3.44. The van der Waals surface area contributed by atoms with Gasteiger partial charge in [0.25, 0.3) is 0 Å². The van der Waals surface area contributed by atoms with Crippen molar-refractivity contribution in [2.45, 2.75) is 18.9 Å². The first-order chi connectivity index (χ1) is 6.99. The van der Waals surface area contributed by atoms with Gasteiger partial charge in [0.2, 0.25) is 5.91 Å². The Kier molecular flexibility index (Phi) is 3.62. The Morgan fingerprint density at radius 3 is 2.33 bits per heavy atom. The molecule has 1 aliphatic carbocycles. The molecular formula is C8H13N3O4. The first-order valence-corrected chi connectivity index (χ1v) is 4.54. The summed E-state index contributed by atoms with van der Waals surface area (Å²) in [5.41, 5.74) is 4.76. The molecule has 0 heterocycles. The number of imide groups is 1. The lowest BCUT2D eigenvalue weighted by atomic mass is 10.4. The number of carboxylic acids is 1. The fourth-order valence-corrected chi connectivity index (χ4v) is 1.29. The minimum absolute atomic E-state index is 0.111. The molecular weight excluding hydrogens is 202 g/mol. The van der Waals surface area contributed by atoms with Crippen molar-refractivity contribution in [3.8, 4) is 0 Å². The molecule has 0 unspecified atom stereocenters. The standard InChI is InChI=1S/C8H13N3O4/c9-8(15)10-6(12)3-11(4-7(13)14)5-1-2-5/h5H,1-4H2,(H,13,14)(H3,9,10,12,15). The Balaban J connectivity index is 2.40. The molecule has 1 rings (SSSR count). The normalized spacial score (nSPS) is 15.0. The largest absolute Gasteiger partial charge is 0.480 e. The summed E-state index contributed by atoms with van der Waals surface area (Å²) < 4.78 is 0. The number of hydrogen-bond donors (Lipinski definition) is 3. The number of rotatable bonds is 5. The van der Waals surface area contributed by atoms with Crippen molar-refractivity contribution in [1.29, 1.82) is 0 Å². The van der Waals surface area contributed by atoms with Crippen molar-refractivity contribution in [3.63, 3.8) is 0 Å². The van der Waals surface area contributed by atoms with E-state index in [9.17, 15) is 14.4 Å². The number of carbonyl (C=O) groups excluding carboxylic acids is 2. The van der Waals surface area contributed by atoms with Crippen LogP contribution in [0.1, 0.15) is 12.8 Å². The molecule has 0 aliphatic heterocycles. The van der Waals surface area contributed by atoms with E-state index in [1.807, 2.05) is 5.32 Å². The van der Waals surface area contributed by atoms with Crippen LogP contribution in [0.15, 0.2) is 0 Å². The number of primary amides is 1. The van der Waals surface area contributed by atoms with E-state index in [0.29, 0.717) is 0 Å². The highest BCUT2D eigenvalue weighted by Crippen LogP contribution is 2.26. The van der Waals surface area contributed by atoms with Crippen LogP contribution < -0.4 is 11.1 Å². The third-order valence-corrected chi connectivity index (χ3v) is 2.01. The van der Waals surface area contributed by atoms with Gasteiger partial charge >= 0.3 is 12.0 Å². The predicted molar refractivity (Wildman–Crippen MR) is 50.0 cm³/mol. The fourth-order valence-electron chi connectivity index (χ4n) is 1.29. The quantitative estimate of drug-likeness (QED) is 0.529. The predicted octanol–water partition coefficient (Wildman–Crippen LogP) is -1.27. The molecule has 0 spiro atoms. The molecule has 0 aromatic heterocycles. The van der Waals surface area contributed by atoms with Gasteiger partial charge in [-0.05, 0) is 12.8 Å². The van der Waals surface area contributed by atoms with Crippen LogP contribution >= 0.6 is 0 Å². The average Bonchev–Trinajstić information content (AvgIpc) is 2.81. The van der Waals surface area contributed by atoms with Gasteiger partial charge in [-0.15, -0.1) is 0 Å². The number of nitrogens with one attached hydrogen (secondary N) is 1. The third kappa shape index (κ3) is 4.41. The second-order valence-electron chi connectivity index (χ2n) is 3.44. The highest BCUT2D eigenvalue weighted by atomic mass is 16.4. The molecule has 15 heavy (non-hydrogen) atoms. The van der Waals surface area contributed by atoms with Gasteiger partial charge in [0.1, 0.15) is 0 Å². The summed E-state index contributed by atoms with van der Waals surface area (Å²) >= 11 is 0. The molecule has 0 aromatic rings. The van der Waals surface area contributed by atoms with Crippen LogP contribution in [0.25, 0.3) is 0 Å². The van der Waals surface area contributed by atoms with Gasteiger partial charge in [0.15, 0.2) is 0 Å². The van der Waals surface area contributed by atoms with Crippen molar-refractivity contribution in [2.75, 3.05) is 13.1 Å². The number of nitrogens with two attached hydrogens (primary N) is 1. The van der Waals surface area contributed by atoms with E-state index < -0.39 is 17.9 Å². The van der Waals surface area contributed by atoms with Gasteiger partial charge in [-0.2, -0.15) is 0 Å². The summed E-state index contributed by atoms with van der Waals surface area (Å²) in [6, 6.07) is -0.786. The summed E-state index contributed by atoms with van der Waals surface area (Å²) in [7, 11) is 0. The van der Waals surface area contributed by atoms with E-state index in [0.717, 1.165) is 12.8 Å². The maximum absolute atomic E-state index is 11.1. The number of amides is 3. The molecule has 0 radical (unpaired) electrons. The third-order valence-electron chi connectivity index (χ3n) is 2.01. The zero-order chi connectivity index (χ0) is 11.4. The highest BCUT2D eigenvalue weighted by molar-refractivity contribution is 5.94. The Morgan fingerprint density at radius 1 is 1.33 bits per heavy atom. The van der Waals surface area contributed by atoms with Crippen LogP contribution in [-0.4, -0.2) is 47.0 Å². The van der Waals surface area contributed by atoms with Crippen molar-refractivity contribution >= 4 is 17.9 Å². The van der Waals surface area contributed by atoms with E-state index in [1.54, 1.807) is 0 Å². The van der Waals surface area contributed by atoms with E-state index >= 15 is 0 Å². The number of nitrogens with zero attached hydrogens (tertiary/aromatic N) is 1. The molecule has 7 heteroatoms. The van der Waals surface area contributed by atoms with Crippen molar-refractivity contribution in [2.24, 2.45) is 5.73 Å². The monoisotopic (exact) mass is 215 g/mol. The SMILES string of the molecule is NC(=O)NC(=O)CN(CC(=O)O)C1CC1. The summed E-state index contributed by atoms with van der Waals surface area (Å²) in [5, 5.41) is 10.5. The molecule has 0 aromatic carbocycles. The molecule has 1 aliphatic rings. The molecule has 84 valence electrons. The number of carbonyl (C=O) groups is 3. The Hall–Kier alpha value is -1.63. The van der Waals surface area contributed by atoms with Gasteiger partial charge in [-0.3, -0.25) is 19.8 Å². The van der Waals surface area contributed by atoms with E-state index in [1.165, 1.54) is 4.90 Å². The zero-order valence-corrected chi connectivity index (χ0v) is 8.10. The van der Waals surface area contributed by atoms with Crippen LogP contribution in [0, 0.1) is 0 Å². The molecule has 4 N–H and O–H groups in total. The lowest BCUT2D eigenvalue weighted by Crippen LogP contribution is -2.44. The van der Waals surface area contributed by atoms with Gasteiger partial charge in [0, 0.05) is 6.04 Å². The Labute approximate surface area is 86.2 Å². The summed E-state index contributed by atoms with van der Waals surface area (Å²) in [4.78, 5) is 33.5. The van der Waals surface area contributed by atoms with Crippen LogP contribution in [0.4, 0.5) is 4.79 Å². The molecule has 7 nitrogen and oxygen atoms in total. The smallest absolute Gasteiger partial charge is 0.318 e. The van der Waals surface area contributed by atoms with Crippen LogP contribution in [-0.2, 0) is 9.59 Å². The number of urea groups is 1.